The van der Waals surface area contributed by atoms with Crippen LogP contribution in [0, 0.1) is 0 Å². The molecular weight excluding hydrogens is 394 g/mol. The molecule has 0 radical (unpaired) electrons. The number of hydrogen-bond donors (Lipinski definition) is 2. The highest BCUT2D eigenvalue weighted by atomic mass is 35.5. The van der Waals surface area contributed by atoms with E-state index in [4.69, 9.17) is 0 Å². The third-order valence-electron chi connectivity index (χ3n) is 5.97. The van der Waals surface area contributed by atoms with Gasteiger partial charge in [0.05, 0.1) is 6.04 Å². The number of amides is 1. The third-order valence-corrected chi connectivity index (χ3v) is 5.97. The SMILES string of the molecule is CC(C)N(C(=O)c1ccc(C2=c3ccccc3=C3CNCCC3N2)cc1)C(C)C.Cl. The summed E-state index contributed by atoms with van der Waals surface area (Å²) in [6, 6.07) is 17.5. The molecule has 1 unspecified atom stereocenters. The topological polar surface area (TPSA) is 44.4 Å². The van der Waals surface area contributed by atoms with E-state index in [-0.39, 0.29) is 30.4 Å². The third kappa shape index (κ3) is 4.12. The molecule has 2 N–H and O–H groups in total. The molecule has 1 fully saturated rings. The van der Waals surface area contributed by atoms with Crippen molar-refractivity contribution >= 4 is 29.6 Å². The minimum absolute atomic E-state index is 0. The number of halogens is 1. The second-order valence-electron chi connectivity index (χ2n) is 8.59. The maximum absolute atomic E-state index is 13.0. The van der Waals surface area contributed by atoms with E-state index in [2.05, 4.69) is 74.7 Å². The molecule has 1 amide bonds. The second-order valence-corrected chi connectivity index (χ2v) is 8.59. The minimum Gasteiger partial charge on any atom is -0.377 e. The summed E-state index contributed by atoms with van der Waals surface area (Å²) in [4.78, 5) is 14.9. The Hall–Kier alpha value is -2.30. The summed E-state index contributed by atoms with van der Waals surface area (Å²) < 4.78 is 0. The molecule has 1 saturated heterocycles. The van der Waals surface area contributed by atoms with Gasteiger partial charge in [0.25, 0.3) is 5.91 Å². The summed E-state index contributed by atoms with van der Waals surface area (Å²) in [6.07, 6.45) is 1.08. The fourth-order valence-corrected chi connectivity index (χ4v) is 4.67. The zero-order chi connectivity index (χ0) is 20.5. The van der Waals surface area contributed by atoms with Crippen molar-refractivity contribution in [1.82, 2.24) is 15.5 Å². The van der Waals surface area contributed by atoms with Gasteiger partial charge in [0, 0.05) is 35.1 Å². The molecule has 0 aliphatic carbocycles. The lowest BCUT2D eigenvalue weighted by atomic mass is 9.91. The molecule has 2 aliphatic heterocycles. The van der Waals surface area contributed by atoms with E-state index in [0.29, 0.717) is 6.04 Å². The molecule has 160 valence electrons. The monoisotopic (exact) mass is 425 g/mol. The van der Waals surface area contributed by atoms with Gasteiger partial charge in [-0.25, -0.2) is 0 Å². The first-order chi connectivity index (χ1) is 14.0. The van der Waals surface area contributed by atoms with Crippen LogP contribution in [-0.4, -0.2) is 42.0 Å². The molecule has 0 bridgehead atoms. The van der Waals surface area contributed by atoms with Crippen molar-refractivity contribution in [3.63, 3.8) is 0 Å². The summed E-state index contributed by atoms with van der Waals surface area (Å²) in [5, 5.41) is 9.86. The summed E-state index contributed by atoms with van der Waals surface area (Å²) in [7, 11) is 0. The van der Waals surface area contributed by atoms with E-state index in [9.17, 15) is 4.79 Å². The summed E-state index contributed by atoms with van der Waals surface area (Å²) >= 11 is 0. The smallest absolute Gasteiger partial charge is 0.254 e. The zero-order valence-electron chi connectivity index (χ0n) is 18.2. The van der Waals surface area contributed by atoms with E-state index in [0.717, 1.165) is 30.6 Å². The molecule has 5 heteroatoms. The van der Waals surface area contributed by atoms with Crippen molar-refractivity contribution in [2.45, 2.75) is 52.2 Å². The first kappa shape index (κ1) is 22.4. The molecule has 2 aliphatic rings. The average Bonchev–Trinajstić information content (AvgIpc) is 2.73. The Morgan fingerprint density at radius 2 is 1.60 bits per heavy atom. The molecule has 4 nitrogen and oxygen atoms in total. The fourth-order valence-electron chi connectivity index (χ4n) is 4.67. The van der Waals surface area contributed by atoms with Crippen LogP contribution in [0.5, 0.6) is 0 Å². The maximum Gasteiger partial charge on any atom is 0.254 e. The Balaban J connectivity index is 0.00000256. The van der Waals surface area contributed by atoms with Gasteiger partial charge in [0.1, 0.15) is 0 Å². The minimum atomic E-state index is 0. The molecule has 30 heavy (non-hydrogen) atoms. The van der Waals surface area contributed by atoms with Gasteiger partial charge in [0.15, 0.2) is 0 Å². The largest absolute Gasteiger partial charge is 0.377 e. The molecular formula is C25H32ClN3O. The Kier molecular flexibility index (Phi) is 6.89. The molecule has 0 aromatic heterocycles. The summed E-state index contributed by atoms with van der Waals surface area (Å²) in [6.45, 7) is 10.2. The van der Waals surface area contributed by atoms with Crippen molar-refractivity contribution in [2.75, 3.05) is 13.1 Å². The highest BCUT2D eigenvalue weighted by molar-refractivity contribution is 5.95. The van der Waals surface area contributed by atoms with Crippen molar-refractivity contribution in [1.29, 1.82) is 0 Å². The van der Waals surface area contributed by atoms with E-state index in [1.54, 1.807) is 0 Å². The Morgan fingerprint density at radius 3 is 2.23 bits per heavy atom. The number of rotatable bonds is 4. The van der Waals surface area contributed by atoms with Gasteiger partial charge in [-0.2, -0.15) is 0 Å². The number of nitrogens with one attached hydrogen (secondary N) is 2. The highest BCUT2D eigenvalue weighted by Gasteiger charge is 2.25. The van der Waals surface area contributed by atoms with Gasteiger partial charge in [-0.15, -0.1) is 12.4 Å². The zero-order valence-corrected chi connectivity index (χ0v) is 19.1. The number of carbonyl (C=O) groups excluding carboxylic acids is 1. The fraction of sp³-hybridized carbons (Fsp3) is 0.400. The number of hydrogen-bond acceptors (Lipinski definition) is 3. The Bertz CT molecular complexity index is 1020. The molecule has 2 aromatic rings. The lowest BCUT2D eigenvalue weighted by molar-refractivity contribution is 0.0643. The van der Waals surface area contributed by atoms with E-state index >= 15 is 0 Å². The van der Waals surface area contributed by atoms with E-state index < -0.39 is 0 Å². The molecule has 1 atom stereocenters. The normalized spacial score (nSPS) is 17.7. The predicted molar refractivity (Wildman–Crippen MR) is 126 cm³/mol. The van der Waals surface area contributed by atoms with Crippen LogP contribution >= 0.6 is 12.4 Å². The molecule has 2 heterocycles. The van der Waals surface area contributed by atoms with Crippen molar-refractivity contribution in [2.24, 2.45) is 0 Å². The number of carbonyl (C=O) groups is 1. The van der Waals surface area contributed by atoms with Crippen LogP contribution < -0.4 is 21.1 Å². The number of fused-ring (bicyclic) bond motifs is 2. The van der Waals surface area contributed by atoms with Gasteiger partial charge in [-0.3, -0.25) is 4.79 Å². The Labute approximate surface area is 185 Å². The lowest BCUT2D eigenvalue weighted by Crippen LogP contribution is -2.51. The first-order valence-electron chi connectivity index (χ1n) is 10.7. The standard InChI is InChI=1S/C25H31N3O.ClH/c1-16(2)28(17(3)4)25(29)19-11-9-18(10-12-19)24-21-8-6-5-7-20(21)22-15-26-14-13-23(22)27-24;/h5-12,16-17,23,26-27H,13-15H2,1-4H3;1H. The average molecular weight is 426 g/mol. The maximum atomic E-state index is 13.0. The van der Waals surface area contributed by atoms with Crippen molar-refractivity contribution < 1.29 is 4.79 Å². The van der Waals surface area contributed by atoms with Gasteiger partial charge in [-0.1, -0.05) is 36.4 Å². The number of benzene rings is 2. The van der Waals surface area contributed by atoms with Crippen molar-refractivity contribution in [3.05, 3.63) is 70.1 Å². The number of nitrogens with zero attached hydrogens (tertiary/aromatic N) is 1. The number of piperidine rings is 1. The predicted octanol–water partition coefficient (Wildman–Crippen LogP) is 2.64. The van der Waals surface area contributed by atoms with E-state index in [1.807, 2.05) is 17.0 Å². The Morgan fingerprint density at radius 1 is 0.967 bits per heavy atom. The lowest BCUT2D eigenvalue weighted by Gasteiger charge is -2.33. The van der Waals surface area contributed by atoms with Crippen LogP contribution in [0.4, 0.5) is 0 Å². The molecule has 4 rings (SSSR count). The van der Waals surface area contributed by atoms with E-state index in [1.165, 1.54) is 21.7 Å². The quantitative estimate of drug-likeness (QED) is 0.791. The van der Waals surface area contributed by atoms with Gasteiger partial charge in [0.2, 0.25) is 0 Å². The first-order valence-corrected chi connectivity index (χ1v) is 10.7. The summed E-state index contributed by atoms with van der Waals surface area (Å²) in [5.41, 5.74) is 4.49. The van der Waals surface area contributed by atoms with Gasteiger partial charge >= 0.3 is 0 Å². The van der Waals surface area contributed by atoms with Crippen molar-refractivity contribution in [3.8, 4) is 0 Å². The highest BCUT2D eigenvalue weighted by Crippen LogP contribution is 2.20. The van der Waals surface area contributed by atoms with Gasteiger partial charge in [-0.05, 0) is 69.1 Å². The molecule has 2 aromatic carbocycles. The van der Waals surface area contributed by atoms with Crippen LogP contribution in [-0.2, 0) is 0 Å². The molecule has 0 saturated carbocycles. The summed E-state index contributed by atoms with van der Waals surface area (Å²) in [5.74, 6) is 0.0949. The molecule has 0 spiro atoms. The second kappa shape index (κ2) is 9.23. The van der Waals surface area contributed by atoms with Crippen LogP contribution in [0.1, 0.15) is 50.0 Å². The van der Waals surface area contributed by atoms with Crippen LogP contribution in [0.3, 0.4) is 0 Å². The van der Waals surface area contributed by atoms with Crippen LogP contribution in [0.25, 0.3) is 11.3 Å². The van der Waals surface area contributed by atoms with Crippen LogP contribution in [0.2, 0.25) is 0 Å². The van der Waals surface area contributed by atoms with Crippen LogP contribution in [0.15, 0.2) is 48.5 Å². The van der Waals surface area contributed by atoms with Gasteiger partial charge < -0.3 is 15.5 Å².